The monoisotopic (exact) mass is 440 g/mol. The minimum absolute atomic E-state index is 0.0590. The lowest BCUT2D eigenvalue weighted by Crippen LogP contribution is -2.14. The van der Waals surface area contributed by atoms with E-state index in [9.17, 15) is 13.2 Å². The molecule has 2 aromatic carbocycles. The number of carbonyl (C=O) groups is 1. The van der Waals surface area contributed by atoms with Gasteiger partial charge >= 0.3 is 0 Å². The molecule has 3 aromatic rings. The van der Waals surface area contributed by atoms with Crippen molar-refractivity contribution in [3.8, 4) is 11.3 Å². The minimum Gasteiger partial charge on any atom is -0.302 e. The van der Waals surface area contributed by atoms with Crippen molar-refractivity contribution in [1.82, 2.24) is 4.98 Å². The second kappa shape index (κ2) is 8.70. The number of carbonyl (C=O) groups excluding carboxylic acids is 1. The number of fused-ring (bicyclic) bond motifs is 1. The molecule has 0 spiro atoms. The Morgan fingerprint density at radius 3 is 2.53 bits per heavy atom. The fraction of sp³-hybridized carbons (Fsp3) is 0.304. The number of hydrogen-bond donors (Lipinski definition) is 1. The zero-order valence-corrected chi connectivity index (χ0v) is 18.5. The molecule has 4 rings (SSSR count). The average Bonchev–Trinajstić information content (AvgIpc) is 3.22. The molecule has 1 aromatic heterocycles. The molecule has 0 aliphatic heterocycles. The molecule has 0 radical (unpaired) electrons. The van der Waals surface area contributed by atoms with Crippen LogP contribution in [0.3, 0.4) is 0 Å². The summed E-state index contributed by atoms with van der Waals surface area (Å²) in [5, 5.41) is 5.38. The summed E-state index contributed by atoms with van der Waals surface area (Å²) in [7, 11) is -3.23. The number of anilines is 1. The second-order valence-electron chi connectivity index (χ2n) is 7.50. The Hall–Kier alpha value is -2.51. The van der Waals surface area contributed by atoms with Crippen LogP contribution in [0.4, 0.5) is 5.13 Å². The first-order valence-corrected chi connectivity index (χ1v) is 12.7. The van der Waals surface area contributed by atoms with Crippen LogP contribution in [0.2, 0.25) is 0 Å². The van der Waals surface area contributed by atoms with Crippen molar-refractivity contribution in [3.05, 3.63) is 64.5 Å². The fourth-order valence-electron chi connectivity index (χ4n) is 3.69. The van der Waals surface area contributed by atoms with Gasteiger partial charge in [0, 0.05) is 10.9 Å². The van der Waals surface area contributed by atoms with Crippen LogP contribution < -0.4 is 5.32 Å². The Balaban J connectivity index is 1.41. The molecule has 156 valence electrons. The van der Waals surface area contributed by atoms with Gasteiger partial charge in [0.15, 0.2) is 15.0 Å². The zero-order valence-electron chi connectivity index (χ0n) is 16.8. The Morgan fingerprint density at radius 1 is 1.07 bits per heavy atom. The lowest BCUT2D eigenvalue weighted by molar-refractivity contribution is -0.115. The van der Waals surface area contributed by atoms with Crippen LogP contribution in [0.5, 0.6) is 0 Å². The van der Waals surface area contributed by atoms with Gasteiger partial charge in [0.05, 0.1) is 22.8 Å². The lowest BCUT2D eigenvalue weighted by atomic mass is 9.90. The number of nitrogens with zero attached hydrogens (tertiary/aromatic N) is 1. The standard InChI is InChI=1S/C23H24N2O3S2/c1-2-30(27,28)20-11-7-16(8-12-20)13-22(26)25-23-24-21(15-29-23)19-10-9-17-5-3-4-6-18(17)14-19/h7-12,14-15H,2-6,13H2,1H3,(H,24,25,26). The number of rotatable bonds is 6. The van der Waals surface area contributed by atoms with Crippen molar-refractivity contribution >= 4 is 32.2 Å². The predicted molar refractivity (Wildman–Crippen MR) is 121 cm³/mol. The van der Waals surface area contributed by atoms with E-state index in [1.165, 1.54) is 35.3 Å². The minimum atomic E-state index is -3.23. The maximum absolute atomic E-state index is 12.4. The van der Waals surface area contributed by atoms with Crippen LogP contribution in [0.15, 0.2) is 52.7 Å². The molecule has 0 atom stereocenters. The Morgan fingerprint density at radius 2 is 1.80 bits per heavy atom. The van der Waals surface area contributed by atoms with E-state index in [0.29, 0.717) is 5.13 Å². The molecule has 30 heavy (non-hydrogen) atoms. The highest BCUT2D eigenvalue weighted by Crippen LogP contribution is 2.29. The third-order valence-corrected chi connectivity index (χ3v) is 7.93. The molecule has 0 saturated heterocycles. The molecule has 1 amide bonds. The number of aromatic nitrogens is 1. The van der Waals surface area contributed by atoms with Gasteiger partial charge in [-0.3, -0.25) is 4.79 Å². The van der Waals surface area contributed by atoms with E-state index in [2.05, 4.69) is 28.5 Å². The van der Waals surface area contributed by atoms with Crippen molar-refractivity contribution in [2.75, 3.05) is 11.1 Å². The van der Waals surface area contributed by atoms with Gasteiger partial charge in [-0.2, -0.15) is 0 Å². The first kappa shape index (κ1) is 20.8. The molecular weight excluding hydrogens is 416 g/mol. The van der Waals surface area contributed by atoms with Crippen LogP contribution in [0.25, 0.3) is 11.3 Å². The van der Waals surface area contributed by atoms with Crippen molar-refractivity contribution < 1.29 is 13.2 Å². The number of sulfone groups is 1. The zero-order chi connectivity index (χ0) is 21.1. The van der Waals surface area contributed by atoms with Crippen LogP contribution >= 0.6 is 11.3 Å². The highest BCUT2D eigenvalue weighted by molar-refractivity contribution is 7.91. The van der Waals surface area contributed by atoms with Gasteiger partial charge in [0.25, 0.3) is 0 Å². The van der Waals surface area contributed by atoms with Gasteiger partial charge in [-0.05, 0) is 60.6 Å². The number of nitrogens with one attached hydrogen (secondary N) is 1. The molecule has 1 heterocycles. The van der Waals surface area contributed by atoms with Crippen LogP contribution in [0, 0.1) is 0 Å². The third-order valence-electron chi connectivity index (χ3n) is 5.42. The molecular formula is C23H24N2O3S2. The van der Waals surface area contributed by atoms with Crippen molar-refractivity contribution in [2.45, 2.75) is 43.9 Å². The van der Waals surface area contributed by atoms with Crippen LogP contribution in [0.1, 0.15) is 36.5 Å². The van der Waals surface area contributed by atoms with Crippen molar-refractivity contribution in [2.24, 2.45) is 0 Å². The summed E-state index contributed by atoms with van der Waals surface area (Å²) in [6, 6.07) is 13.0. The summed E-state index contributed by atoms with van der Waals surface area (Å²) < 4.78 is 23.8. The molecule has 0 fully saturated rings. The smallest absolute Gasteiger partial charge is 0.230 e. The van der Waals surface area contributed by atoms with Gasteiger partial charge in [0.1, 0.15) is 0 Å². The van der Waals surface area contributed by atoms with Gasteiger partial charge in [-0.1, -0.05) is 31.2 Å². The van der Waals surface area contributed by atoms with E-state index in [4.69, 9.17) is 0 Å². The first-order chi connectivity index (χ1) is 14.4. The van der Waals surface area contributed by atoms with Crippen molar-refractivity contribution in [1.29, 1.82) is 0 Å². The van der Waals surface area contributed by atoms with Gasteiger partial charge in [-0.15, -0.1) is 11.3 Å². The average molecular weight is 441 g/mol. The molecule has 0 bridgehead atoms. The molecule has 7 heteroatoms. The van der Waals surface area contributed by atoms with Crippen LogP contribution in [-0.2, 0) is 33.9 Å². The molecule has 1 N–H and O–H groups in total. The number of amides is 1. The second-order valence-corrected chi connectivity index (χ2v) is 10.6. The Bertz CT molecular complexity index is 1170. The quantitative estimate of drug-likeness (QED) is 0.605. The van der Waals surface area contributed by atoms with Crippen molar-refractivity contribution in [3.63, 3.8) is 0 Å². The highest BCUT2D eigenvalue weighted by Gasteiger charge is 2.14. The van der Waals surface area contributed by atoms with Crippen LogP contribution in [-0.4, -0.2) is 25.1 Å². The Kier molecular flexibility index (Phi) is 6.01. The maximum Gasteiger partial charge on any atom is 0.230 e. The molecule has 5 nitrogen and oxygen atoms in total. The number of thiazole rings is 1. The number of benzene rings is 2. The van der Waals surface area contributed by atoms with Gasteiger partial charge in [-0.25, -0.2) is 13.4 Å². The summed E-state index contributed by atoms with van der Waals surface area (Å²) in [4.78, 5) is 17.3. The largest absolute Gasteiger partial charge is 0.302 e. The number of aryl methyl sites for hydroxylation is 2. The van der Waals surface area contributed by atoms with E-state index in [-0.39, 0.29) is 23.0 Å². The molecule has 1 aliphatic carbocycles. The molecule has 1 aliphatic rings. The van der Waals surface area contributed by atoms with E-state index >= 15 is 0 Å². The van der Waals surface area contributed by atoms with E-state index in [1.807, 2.05) is 5.38 Å². The summed E-state index contributed by atoms with van der Waals surface area (Å²) in [5.41, 5.74) is 5.56. The molecule has 0 unspecified atom stereocenters. The summed E-state index contributed by atoms with van der Waals surface area (Å²) in [6.45, 7) is 1.61. The molecule has 0 saturated carbocycles. The number of hydrogen-bond acceptors (Lipinski definition) is 5. The normalized spacial score (nSPS) is 13.6. The third kappa shape index (κ3) is 4.63. The SMILES string of the molecule is CCS(=O)(=O)c1ccc(CC(=O)Nc2nc(-c3ccc4c(c3)CCCC4)cs2)cc1. The summed E-state index contributed by atoms with van der Waals surface area (Å²) in [5.74, 6) is -0.115. The van der Waals surface area contributed by atoms with E-state index < -0.39 is 9.84 Å². The summed E-state index contributed by atoms with van der Waals surface area (Å²) in [6.07, 6.45) is 4.94. The summed E-state index contributed by atoms with van der Waals surface area (Å²) >= 11 is 1.41. The highest BCUT2D eigenvalue weighted by atomic mass is 32.2. The van der Waals surface area contributed by atoms with Gasteiger partial charge in [0.2, 0.25) is 5.91 Å². The topological polar surface area (TPSA) is 76.1 Å². The first-order valence-electron chi connectivity index (χ1n) is 10.1. The lowest BCUT2D eigenvalue weighted by Gasteiger charge is -2.16. The predicted octanol–water partition coefficient (Wildman–Crippen LogP) is 4.66. The fourth-order valence-corrected chi connectivity index (χ4v) is 5.31. The van der Waals surface area contributed by atoms with E-state index in [0.717, 1.165) is 29.7 Å². The van der Waals surface area contributed by atoms with Gasteiger partial charge < -0.3 is 5.32 Å². The van der Waals surface area contributed by atoms with E-state index in [1.54, 1.807) is 31.2 Å². The Labute approximate surface area is 181 Å². The maximum atomic E-state index is 12.4.